The van der Waals surface area contributed by atoms with E-state index in [-0.39, 0.29) is 5.75 Å². The van der Waals surface area contributed by atoms with Gasteiger partial charge in [-0.3, -0.25) is 0 Å². The van der Waals surface area contributed by atoms with Crippen LogP contribution in [-0.4, -0.2) is 9.78 Å². The lowest BCUT2D eigenvalue weighted by Crippen LogP contribution is -2.08. The maximum Gasteiger partial charge on any atom is 0.417 e. The topological polar surface area (TPSA) is 50.8 Å². The third-order valence-electron chi connectivity index (χ3n) is 2.60. The molecule has 0 amide bonds. The van der Waals surface area contributed by atoms with Crippen LogP contribution in [0.5, 0.6) is 11.6 Å². The summed E-state index contributed by atoms with van der Waals surface area (Å²) in [5.41, 5.74) is -0.769. The van der Waals surface area contributed by atoms with Crippen molar-refractivity contribution in [3.63, 3.8) is 0 Å². The molecule has 0 atom stereocenters. The van der Waals surface area contributed by atoms with Crippen LogP contribution in [0.3, 0.4) is 0 Å². The fourth-order valence-corrected chi connectivity index (χ4v) is 1.72. The molecule has 0 saturated heterocycles. The maximum absolute atomic E-state index is 12.8. The molecule has 2 aromatic rings. The van der Waals surface area contributed by atoms with Crippen molar-refractivity contribution < 1.29 is 17.9 Å². The van der Waals surface area contributed by atoms with E-state index in [1.54, 1.807) is 20.0 Å². The lowest BCUT2D eigenvalue weighted by atomic mass is 10.1. The predicted molar refractivity (Wildman–Crippen MR) is 64.2 cm³/mol. The number of hydrogen-bond donors (Lipinski definition) is 0. The van der Waals surface area contributed by atoms with E-state index in [4.69, 9.17) is 10.00 Å². The Balaban J connectivity index is 2.40. The second kappa shape index (κ2) is 4.89. The summed E-state index contributed by atoms with van der Waals surface area (Å²) >= 11 is 0. The van der Waals surface area contributed by atoms with Gasteiger partial charge in [0.1, 0.15) is 5.75 Å². The summed E-state index contributed by atoms with van der Waals surface area (Å²) in [4.78, 5) is 0. The van der Waals surface area contributed by atoms with Gasteiger partial charge in [-0.1, -0.05) is 0 Å². The van der Waals surface area contributed by atoms with E-state index in [2.05, 4.69) is 5.10 Å². The number of aryl methyl sites for hydroxylation is 2. The number of ether oxygens (including phenoxy) is 1. The third kappa shape index (κ3) is 2.74. The highest BCUT2D eigenvalue weighted by Gasteiger charge is 2.34. The van der Waals surface area contributed by atoms with Gasteiger partial charge < -0.3 is 4.74 Å². The quantitative estimate of drug-likeness (QED) is 0.847. The Morgan fingerprint density at radius 1 is 1.30 bits per heavy atom. The van der Waals surface area contributed by atoms with Crippen molar-refractivity contribution in [3.05, 3.63) is 41.1 Å². The lowest BCUT2D eigenvalue weighted by molar-refractivity contribution is -0.137. The number of halogens is 3. The number of benzene rings is 1. The minimum Gasteiger partial charge on any atom is -0.439 e. The molecule has 0 aliphatic carbocycles. The van der Waals surface area contributed by atoms with Crippen LogP contribution < -0.4 is 4.74 Å². The first-order chi connectivity index (χ1) is 9.31. The zero-order valence-electron chi connectivity index (χ0n) is 10.7. The van der Waals surface area contributed by atoms with E-state index in [0.29, 0.717) is 11.6 Å². The Bertz CT molecular complexity index is 683. The van der Waals surface area contributed by atoms with Crippen LogP contribution in [0.4, 0.5) is 13.2 Å². The SMILES string of the molecule is Cc1cc(Oc2ccc(C#N)c(C(F)(F)F)c2)n(C)n1. The van der Waals surface area contributed by atoms with Crippen LogP contribution in [0.25, 0.3) is 0 Å². The average molecular weight is 281 g/mol. The van der Waals surface area contributed by atoms with Gasteiger partial charge in [-0.2, -0.15) is 23.5 Å². The van der Waals surface area contributed by atoms with E-state index in [9.17, 15) is 13.2 Å². The number of aromatic nitrogens is 2. The van der Waals surface area contributed by atoms with E-state index < -0.39 is 17.3 Å². The smallest absolute Gasteiger partial charge is 0.417 e. The summed E-state index contributed by atoms with van der Waals surface area (Å²) in [6.07, 6.45) is -4.60. The largest absolute Gasteiger partial charge is 0.439 e. The van der Waals surface area contributed by atoms with Gasteiger partial charge in [0.05, 0.1) is 22.9 Å². The van der Waals surface area contributed by atoms with E-state index >= 15 is 0 Å². The van der Waals surface area contributed by atoms with Crippen molar-refractivity contribution in [2.24, 2.45) is 7.05 Å². The average Bonchev–Trinajstić information content (AvgIpc) is 2.66. The van der Waals surface area contributed by atoms with E-state index in [1.165, 1.54) is 16.8 Å². The molecular formula is C13H10F3N3O. The van der Waals surface area contributed by atoms with Crippen LogP contribution in [0.1, 0.15) is 16.8 Å². The van der Waals surface area contributed by atoms with E-state index in [1.807, 2.05) is 0 Å². The van der Waals surface area contributed by atoms with Crippen LogP contribution in [0.15, 0.2) is 24.3 Å². The molecule has 0 aliphatic heterocycles. The van der Waals surface area contributed by atoms with Gasteiger partial charge in [-0.05, 0) is 25.1 Å². The van der Waals surface area contributed by atoms with Crippen molar-refractivity contribution in [1.82, 2.24) is 9.78 Å². The molecule has 0 spiro atoms. The highest BCUT2D eigenvalue weighted by molar-refractivity contribution is 5.45. The van der Waals surface area contributed by atoms with Crippen molar-refractivity contribution >= 4 is 0 Å². The highest BCUT2D eigenvalue weighted by Crippen LogP contribution is 2.35. The number of nitriles is 1. The summed E-state index contributed by atoms with van der Waals surface area (Å²) in [6, 6.07) is 6.32. The van der Waals surface area contributed by atoms with Crippen LogP contribution in [-0.2, 0) is 13.2 Å². The minimum atomic E-state index is -4.60. The third-order valence-corrected chi connectivity index (χ3v) is 2.60. The van der Waals surface area contributed by atoms with Crippen molar-refractivity contribution in [2.45, 2.75) is 13.1 Å². The van der Waals surface area contributed by atoms with Gasteiger partial charge in [-0.15, -0.1) is 0 Å². The molecule has 0 N–H and O–H groups in total. The molecule has 0 bridgehead atoms. The number of nitrogens with zero attached hydrogens (tertiary/aromatic N) is 3. The van der Waals surface area contributed by atoms with Gasteiger partial charge in [0.25, 0.3) is 0 Å². The lowest BCUT2D eigenvalue weighted by Gasteiger charge is -2.11. The van der Waals surface area contributed by atoms with Crippen molar-refractivity contribution in [1.29, 1.82) is 5.26 Å². The van der Waals surface area contributed by atoms with Crippen LogP contribution in [0.2, 0.25) is 0 Å². The van der Waals surface area contributed by atoms with Crippen LogP contribution >= 0.6 is 0 Å². The number of rotatable bonds is 2. The fraction of sp³-hybridized carbons (Fsp3) is 0.231. The molecule has 0 aliphatic rings. The normalized spacial score (nSPS) is 11.2. The first-order valence-corrected chi connectivity index (χ1v) is 5.61. The molecule has 0 unspecified atom stereocenters. The molecule has 0 radical (unpaired) electrons. The van der Waals surface area contributed by atoms with Crippen LogP contribution in [0, 0.1) is 18.3 Å². The summed E-state index contributed by atoms with van der Waals surface area (Å²) in [6.45, 7) is 1.74. The van der Waals surface area contributed by atoms with Crippen molar-refractivity contribution in [2.75, 3.05) is 0 Å². The first kappa shape index (κ1) is 13.9. The highest BCUT2D eigenvalue weighted by atomic mass is 19.4. The predicted octanol–water partition coefficient (Wildman–Crippen LogP) is 3.41. The van der Waals surface area contributed by atoms with Gasteiger partial charge >= 0.3 is 6.18 Å². The molecule has 0 saturated carbocycles. The van der Waals surface area contributed by atoms with Gasteiger partial charge in [0, 0.05) is 13.1 Å². The molecule has 0 fully saturated rings. The van der Waals surface area contributed by atoms with Gasteiger partial charge in [0.15, 0.2) is 0 Å². The maximum atomic E-state index is 12.8. The monoisotopic (exact) mass is 281 g/mol. The Morgan fingerprint density at radius 2 is 2.00 bits per heavy atom. The Kier molecular flexibility index (Phi) is 3.40. The summed E-state index contributed by atoms with van der Waals surface area (Å²) < 4.78 is 45.2. The van der Waals surface area contributed by atoms with Gasteiger partial charge in [0.2, 0.25) is 5.88 Å². The zero-order chi connectivity index (χ0) is 14.9. The Morgan fingerprint density at radius 3 is 2.50 bits per heavy atom. The second-order valence-electron chi connectivity index (χ2n) is 4.17. The molecule has 7 heteroatoms. The molecule has 1 aromatic heterocycles. The number of alkyl halides is 3. The molecule has 4 nitrogen and oxygen atoms in total. The molecule has 2 rings (SSSR count). The number of hydrogen-bond acceptors (Lipinski definition) is 3. The summed E-state index contributed by atoms with van der Waals surface area (Å²) in [5, 5.41) is 12.7. The summed E-state index contributed by atoms with van der Waals surface area (Å²) in [7, 11) is 1.62. The molecule has 104 valence electrons. The van der Waals surface area contributed by atoms with Gasteiger partial charge in [-0.25, -0.2) is 4.68 Å². The summed E-state index contributed by atoms with van der Waals surface area (Å²) in [5.74, 6) is 0.319. The van der Waals surface area contributed by atoms with E-state index in [0.717, 1.165) is 12.1 Å². The fourth-order valence-electron chi connectivity index (χ4n) is 1.72. The Labute approximate surface area is 113 Å². The first-order valence-electron chi connectivity index (χ1n) is 5.61. The standard InChI is InChI=1S/C13H10F3N3O/c1-8-5-12(19(2)18-8)20-10-4-3-9(7-17)11(6-10)13(14,15)16/h3-6H,1-2H3. The Hall–Kier alpha value is -2.49. The van der Waals surface area contributed by atoms with Crippen molar-refractivity contribution in [3.8, 4) is 17.7 Å². The molecule has 1 heterocycles. The second-order valence-corrected chi connectivity index (χ2v) is 4.17. The zero-order valence-corrected chi connectivity index (χ0v) is 10.7. The molecular weight excluding hydrogens is 271 g/mol. The molecule has 20 heavy (non-hydrogen) atoms. The molecule has 1 aromatic carbocycles. The minimum absolute atomic E-state index is 0.000625.